The van der Waals surface area contributed by atoms with E-state index < -0.39 is 0 Å². The molecule has 3 heteroatoms. The molecule has 1 nitrogen and oxygen atoms in total. The summed E-state index contributed by atoms with van der Waals surface area (Å²) in [6.07, 6.45) is 1.13. The molecule has 0 aromatic rings. The normalized spacial score (nSPS) is 30.5. The van der Waals surface area contributed by atoms with Gasteiger partial charge in [-0.2, -0.15) is 0 Å². The average molecular weight is 238 g/mol. The number of nitrogens with zero attached hydrogens (tertiary/aromatic N) is 1. The maximum Gasteiger partial charge on any atom is 0.102 e. The molecule has 1 atom stereocenters. The highest BCUT2D eigenvalue weighted by Gasteiger charge is 2.33. The highest BCUT2D eigenvalue weighted by molar-refractivity contribution is 9.09. The first kappa shape index (κ1) is 10.5. The molecule has 0 bridgehead atoms. The molecule has 1 heterocycles. The Morgan fingerprint density at radius 3 is 2.75 bits per heavy atom. The monoisotopic (exact) mass is 237 g/mol. The molecule has 0 aromatic heterocycles. The van der Waals surface area contributed by atoms with E-state index in [0.29, 0.717) is 11.4 Å². The molecule has 1 fully saturated rings. The van der Waals surface area contributed by atoms with E-state index >= 15 is 0 Å². The van der Waals surface area contributed by atoms with Gasteiger partial charge >= 0.3 is 0 Å². The smallest absolute Gasteiger partial charge is 0.102 e. The summed E-state index contributed by atoms with van der Waals surface area (Å²) in [5.74, 6) is 0. The van der Waals surface area contributed by atoms with Gasteiger partial charge in [-0.25, -0.2) is 4.39 Å². The molecule has 12 heavy (non-hydrogen) atoms. The minimum atomic E-state index is -0.219. The molecule has 72 valence electrons. The molecule has 1 rings (SSSR count). The van der Waals surface area contributed by atoms with Crippen molar-refractivity contribution in [2.24, 2.45) is 5.41 Å². The molecular formula is C9H17BrFN. The van der Waals surface area contributed by atoms with Gasteiger partial charge in [0.15, 0.2) is 0 Å². The predicted octanol–water partition coefficient (Wildman–Crippen LogP) is 2.45. The largest absolute Gasteiger partial charge is 0.300 e. The zero-order valence-corrected chi connectivity index (χ0v) is 9.40. The van der Waals surface area contributed by atoms with Gasteiger partial charge < -0.3 is 4.90 Å². The van der Waals surface area contributed by atoms with E-state index in [1.165, 1.54) is 0 Å². The SMILES string of the molecule is CC1(C)CN(CCF)CCC1Br. The van der Waals surface area contributed by atoms with Gasteiger partial charge in [0.25, 0.3) is 0 Å². The summed E-state index contributed by atoms with van der Waals surface area (Å²) in [4.78, 5) is 2.79. The average Bonchev–Trinajstić information content (AvgIpc) is 1.97. The Balaban J connectivity index is 2.45. The lowest BCUT2D eigenvalue weighted by atomic mass is 9.84. The Morgan fingerprint density at radius 1 is 1.58 bits per heavy atom. The van der Waals surface area contributed by atoms with Gasteiger partial charge in [-0.05, 0) is 18.4 Å². The van der Waals surface area contributed by atoms with Crippen LogP contribution >= 0.6 is 15.9 Å². The lowest BCUT2D eigenvalue weighted by Gasteiger charge is -2.41. The van der Waals surface area contributed by atoms with Crippen molar-refractivity contribution in [1.29, 1.82) is 0 Å². The van der Waals surface area contributed by atoms with Crippen molar-refractivity contribution in [3.05, 3.63) is 0 Å². The van der Waals surface area contributed by atoms with Crippen molar-refractivity contribution < 1.29 is 4.39 Å². The minimum absolute atomic E-state index is 0.219. The van der Waals surface area contributed by atoms with Crippen LogP contribution in [0.5, 0.6) is 0 Å². The first-order valence-electron chi connectivity index (χ1n) is 4.48. The number of rotatable bonds is 2. The van der Waals surface area contributed by atoms with Crippen LogP contribution in [0.2, 0.25) is 0 Å². The van der Waals surface area contributed by atoms with Gasteiger partial charge in [-0.15, -0.1) is 0 Å². The van der Waals surface area contributed by atoms with Crippen molar-refractivity contribution in [3.63, 3.8) is 0 Å². The lowest BCUT2D eigenvalue weighted by Crippen LogP contribution is -2.46. The molecular weight excluding hydrogens is 221 g/mol. The van der Waals surface area contributed by atoms with Gasteiger partial charge in [0.2, 0.25) is 0 Å². The van der Waals surface area contributed by atoms with Crippen LogP contribution in [0.4, 0.5) is 4.39 Å². The van der Waals surface area contributed by atoms with Crippen molar-refractivity contribution in [3.8, 4) is 0 Å². The van der Waals surface area contributed by atoms with Crippen LogP contribution in [0.3, 0.4) is 0 Å². The molecule has 0 saturated carbocycles. The summed E-state index contributed by atoms with van der Waals surface area (Å²) >= 11 is 3.67. The minimum Gasteiger partial charge on any atom is -0.300 e. The fraction of sp³-hybridized carbons (Fsp3) is 1.00. The number of piperidine rings is 1. The van der Waals surface area contributed by atoms with Crippen LogP contribution in [-0.2, 0) is 0 Å². The number of hydrogen-bond acceptors (Lipinski definition) is 1. The van der Waals surface area contributed by atoms with Crippen LogP contribution in [0.25, 0.3) is 0 Å². The van der Waals surface area contributed by atoms with Crippen LogP contribution in [0.1, 0.15) is 20.3 Å². The Morgan fingerprint density at radius 2 is 2.25 bits per heavy atom. The highest BCUT2D eigenvalue weighted by atomic mass is 79.9. The van der Waals surface area contributed by atoms with Gasteiger partial charge in [-0.1, -0.05) is 29.8 Å². The summed E-state index contributed by atoms with van der Waals surface area (Å²) in [6, 6.07) is 0. The maximum absolute atomic E-state index is 12.1. The Hall–Kier alpha value is 0.370. The Kier molecular flexibility index (Phi) is 3.53. The molecule has 0 amide bonds. The second-order valence-corrected chi connectivity index (χ2v) is 5.32. The highest BCUT2D eigenvalue weighted by Crippen LogP contribution is 2.34. The molecule has 1 unspecified atom stereocenters. The standard InChI is InChI=1S/C9H17BrFN/c1-9(2)7-12(6-4-11)5-3-8(9)10/h8H,3-7H2,1-2H3. The van der Waals surface area contributed by atoms with Crippen molar-refractivity contribution in [2.75, 3.05) is 26.3 Å². The topological polar surface area (TPSA) is 3.24 Å². The van der Waals surface area contributed by atoms with Gasteiger partial charge in [0.05, 0.1) is 0 Å². The van der Waals surface area contributed by atoms with Gasteiger partial charge in [0, 0.05) is 17.9 Å². The molecule has 0 aromatic carbocycles. The molecule has 0 aliphatic carbocycles. The molecule has 0 N–H and O–H groups in total. The van der Waals surface area contributed by atoms with E-state index in [4.69, 9.17) is 0 Å². The zero-order chi connectivity index (χ0) is 9.19. The summed E-state index contributed by atoms with van der Waals surface area (Å²) in [6.45, 7) is 6.88. The third-order valence-electron chi connectivity index (χ3n) is 2.58. The third kappa shape index (κ3) is 2.43. The number of halogens is 2. The molecule has 1 aliphatic rings. The Labute approximate surface area is 82.4 Å². The van der Waals surface area contributed by atoms with Crippen LogP contribution < -0.4 is 0 Å². The van der Waals surface area contributed by atoms with E-state index in [0.717, 1.165) is 19.5 Å². The zero-order valence-electron chi connectivity index (χ0n) is 7.82. The first-order valence-corrected chi connectivity index (χ1v) is 5.40. The van der Waals surface area contributed by atoms with Crippen molar-refractivity contribution >= 4 is 15.9 Å². The van der Waals surface area contributed by atoms with Crippen molar-refractivity contribution in [1.82, 2.24) is 4.90 Å². The number of hydrogen-bond donors (Lipinski definition) is 0. The molecule has 1 aliphatic heterocycles. The molecule has 0 radical (unpaired) electrons. The van der Waals surface area contributed by atoms with Crippen LogP contribution in [-0.4, -0.2) is 36.0 Å². The van der Waals surface area contributed by atoms with Crippen LogP contribution in [0.15, 0.2) is 0 Å². The summed E-state index contributed by atoms with van der Waals surface area (Å²) in [7, 11) is 0. The summed E-state index contributed by atoms with van der Waals surface area (Å²) < 4.78 is 12.1. The summed E-state index contributed by atoms with van der Waals surface area (Å²) in [5.41, 5.74) is 0.285. The van der Waals surface area contributed by atoms with E-state index in [1.54, 1.807) is 0 Å². The fourth-order valence-electron chi connectivity index (χ4n) is 1.75. The van der Waals surface area contributed by atoms with E-state index in [-0.39, 0.29) is 12.1 Å². The van der Waals surface area contributed by atoms with Gasteiger partial charge in [-0.3, -0.25) is 0 Å². The van der Waals surface area contributed by atoms with E-state index in [9.17, 15) is 4.39 Å². The van der Waals surface area contributed by atoms with Crippen molar-refractivity contribution in [2.45, 2.75) is 25.1 Å². The molecule has 1 saturated heterocycles. The maximum atomic E-state index is 12.1. The second-order valence-electron chi connectivity index (χ2n) is 4.21. The van der Waals surface area contributed by atoms with E-state index in [1.807, 2.05) is 0 Å². The lowest BCUT2D eigenvalue weighted by molar-refractivity contribution is 0.120. The molecule has 0 spiro atoms. The predicted molar refractivity (Wildman–Crippen MR) is 53.5 cm³/mol. The summed E-state index contributed by atoms with van der Waals surface area (Å²) in [5, 5.41) is 0. The number of likely N-dealkylation sites (tertiary alicyclic amines) is 1. The fourth-order valence-corrected chi connectivity index (χ4v) is 2.10. The van der Waals surface area contributed by atoms with E-state index in [2.05, 4.69) is 34.7 Å². The second kappa shape index (κ2) is 4.05. The Bertz CT molecular complexity index is 149. The third-order valence-corrected chi connectivity index (χ3v) is 4.28. The quantitative estimate of drug-likeness (QED) is 0.668. The van der Waals surface area contributed by atoms with Gasteiger partial charge in [0.1, 0.15) is 6.67 Å². The van der Waals surface area contributed by atoms with Crippen LogP contribution in [0, 0.1) is 5.41 Å². The first-order chi connectivity index (χ1) is 5.56. The number of alkyl halides is 2.